The van der Waals surface area contributed by atoms with Gasteiger partial charge in [0.2, 0.25) is 0 Å². The van der Waals surface area contributed by atoms with Gasteiger partial charge in [-0.15, -0.1) is 0 Å². The van der Waals surface area contributed by atoms with Crippen molar-refractivity contribution in [2.75, 3.05) is 10.2 Å². The Kier molecular flexibility index (Phi) is 8.43. The van der Waals surface area contributed by atoms with Crippen molar-refractivity contribution >= 4 is 49.4 Å². The molecule has 1 aliphatic rings. The van der Waals surface area contributed by atoms with Crippen molar-refractivity contribution in [1.29, 1.82) is 0 Å². The van der Waals surface area contributed by atoms with Crippen molar-refractivity contribution in [2.24, 2.45) is 0 Å². The van der Waals surface area contributed by atoms with Gasteiger partial charge in [-0.25, -0.2) is 0 Å². The minimum atomic E-state index is 0.838. The normalized spacial score (nSPS) is 14.2. The lowest BCUT2D eigenvalue weighted by atomic mass is 9.93. The second kappa shape index (κ2) is 12.9. The maximum absolute atomic E-state index is 4.18. The molecule has 6 rings (SSSR count). The highest BCUT2D eigenvalue weighted by atomic mass is 15.2. The summed E-state index contributed by atoms with van der Waals surface area (Å²) in [4.78, 5) is 2.41. The molecule has 2 nitrogen and oxygen atoms in total. The summed E-state index contributed by atoms with van der Waals surface area (Å²) < 4.78 is 0. The largest absolute Gasteiger partial charge is 0.355 e. The van der Waals surface area contributed by atoms with Gasteiger partial charge in [-0.1, -0.05) is 116 Å². The van der Waals surface area contributed by atoms with E-state index in [1.54, 1.807) is 0 Å². The molecular formula is C42H38N2. The third-order valence-corrected chi connectivity index (χ3v) is 8.20. The van der Waals surface area contributed by atoms with E-state index < -0.39 is 0 Å². The number of benzene rings is 5. The average molecular weight is 571 g/mol. The monoisotopic (exact) mass is 570 g/mol. The Balaban J connectivity index is 1.72. The smallest absolute Gasteiger partial charge is 0.0546 e. The van der Waals surface area contributed by atoms with Crippen LogP contribution in [-0.2, 0) is 0 Å². The predicted octanol–water partition coefficient (Wildman–Crippen LogP) is 12.1. The van der Waals surface area contributed by atoms with Gasteiger partial charge in [-0.05, 0) is 90.7 Å². The molecule has 0 spiro atoms. The van der Waals surface area contributed by atoms with Gasteiger partial charge < -0.3 is 10.2 Å². The maximum atomic E-state index is 4.18. The van der Waals surface area contributed by atoms with Crippen LogP contribution < -0.4 is 10.2 Å². The predicted molar refractivity (Wildman–Crippen MR) is 194 cm³/mol. The fraction of sp³-hybridized carbons (Fsp3) is 0.0952. The quantitative estimate of drug-likeness (QED) is 0.147. The third kappa shape index (κ3) is 5.31. The molecule has 0 atom stereocenters. The van der Waals surface area contributed by atoms with Gasteiger partial charge in [0, 0.05) is 33.4 Å². The number of nitrogens with zero attached hydrogens (tertiary/aromatic N) is 1. The van der Waals surface area contributed by atoms with E-state index in [4.69, 9.17) is 0 Å². The molecule has 0 heterocycles. The molecule has 0 bridgehead atoms. The summed E-state index contributed by atoms with van der Waals surface area (Å²) >= 11 is 0. The number of allylic oxidation sites excluding steroid dienone is 10. The molecule has 5 aromatic carbocycles. The minimum absolute atomic E-state index is 0.838. The second-order valence-corrected chi connectivity index (χ2v) is 10.9. The molecule has 1 aliphatic carbocycles. The molecule has 0 saturated heterocycles. The Morgan fingerprint density at radius 2 is 1.48 bits per heavy atom. The van der Waals surface area contributed by atoms with Gasteiger partial charge >= 0.3 is 0 Å². The number of hydrogen-bond acceptors (Lipinski definition) is 2. The molecule has 0 fully saturated rings. The summed E-state index contributed by atoms with van der Waals surface area (Å²) in [7, 11) is 0. The van der Waals surface area contributed by atoms with Crippen LogP contribution in [0.15, 0.2) is 175 Å². The van der Waals surface area contributed by atoms with Crippen LogP contribution in [0.2, 0.25) is 0 Å². The highest BCUT2D eigenvalue weighted by molar-refractivity contribution is 6.25. The average Bonchev–Trinajstić information content (AvgIpc) is 3.27. The fourth-order valence-corrected chi connectivity index (χ4v) is 6.27. The minimum Gasteiger partial charge on any atom is -0.355 e. The van der Waals surface area contributed by atoms with E-state index in [0.29, 0.717) is 0 Å². The summed E-state index contributed by atoms with van der Waals surface area (Å²) in [6.07, 6.45) is 20.3. The Labute approximate surface area is 261 Å². The first-order valence-corrected chi connectivity index (χ1v) is 15.3. The summed E-state index contributed by atoms with van der Waals surface area (Å²) in [5.74, 6) is 0. The number of hydrogen-bond donors (Lipinski definition) is 1. The van der Waals surface area contributed by atoms with Crippen molar-refractivity contribution in [1.82, 2.24) is 0 Å². The SMILES string of the molecule is C=CC1=C(/C=C\C)C(N(C(/C=C\C)=C/C)c2cc3cc(Nc4ccccc4)c4ccccc4c3c3ccccc23)=CC=CC1. The zero-order chi connectivity index (χ0) is 30.5. The van der Waals surface area contributed by atoms with Crippen LogP contribution in [0.25, 0.3) is 32.3 Å². The molecule has 44 heavy (non-hydrogen) atoms. The van der Waals surface area contributed by atoms with E-state index >= 15 is 0 Å². The van der Waals surface area contributed by atoms with Crippen LogP contribution in [0.4, 0.5) is 17.1 Å². The standard InChI is InChI=1S/C42H38N2/c1-5-18-33(8-4)44(40-27-17-12-20-30(7-3)34(40)19-6-2)41-29-31-28-39(43-32-21-10-9-11-22-32)35-23-13-15-25-37(35)42(31)38-26-16-14-24-36(38)41/h5-19,21-29,43H,3,20H2,1-2,4H3/b18-5-,19-6-,33-8+. The van der Waals surface area contributed by atoms with E-state index in [9.17, 15) is 0 Å². The van der Waals surface area contributed by atoms with Crippen molar-refractivity contribution in [3.05, 3.63) is 175 Å². The van der Waals surface area contributed by atoms with Crippen molar-refractivity contribution < 1.29 is 0 Å². The molecule has 0 aromatic heterocycles. The molecule has 216 valence electrons. The van der Waals surface area contributed by atoms with E-state index in [1.165, 1.54) is 43.5 Å². The number of para-hydroxylation sites is 1. The summed E-state index contributed by atoms with van der Waals surface area (Å²) in [6, 6.07) is 32.6. The summed E-state index contributed by atoms with van der Waals surface area (Å²) in [5, 5.41) is 11.0. The number of nitrogens with one attached hydrogen (secondary N) is 1. The van der Waals surface area contributed by atoms with Gasteiger partial charge in [-0.3, -0.25) is 0 Å². The molecule has 2 heteroatoms. The Morgan fingerprint density at radius 3 is 2.16 bits per heavy atom. The lowest BCUT2D eigenvalue weighted by molar-refractivity contribution is 1.11. The van der Waals surface area contributed by atoms with Crippen molar-refractivity contribution in [3.8, 4) is 0 Å². The first-order chi connectivity index (χ1) is 21.7. The fourth-order valence-electron chi connectivity index (χ4n) is 6.27. The third-order valence-electron chi connectivity index (χ3n) is 8.20. The van der Waals surface area contributed by atoms with Gasteiger partial charge in [0.15, 0.2) is 0 Å². The van der Waals surface area contributed by atoms with E-state index in [1.807, 2.05) is 12.1 Å². The van der Waals surface area contributed by atoms with Crippen LogP contribution in [-0.4, -0.2) is 0 Å². The number of fused-ring (bicyclic) bond motifs is 5. The Bertz CT molecular complexity index is 2050. The molecule has 0 aliphatic heterocycles. The first-order valence-electron chi connectivity index (χ1n) is 15.3. The lowest BCUT2D eigenvalue weighted by Gasteiger charge is -2.32. The van der Waals surface area contributed by atoms with E-state index in [-0.39, 0.29) is 0 Å². The van der Waals surface area contributed by atoms with Gasteiger partial charge in [0.25, 0.3) is 0 Å². The topological polar surface area (TPSA) is 15.3 Å². The van der Waals surface area contributed by atoms with Crippen LogP contribution >= 0.6 is 0 Å². The van der Waals surface area contributed by atoms with Crippen LogP contribution in [0.3, 0.4) is 0 Å². The van der Waals surface area contributed by atoms with Crippen molar-refractivity contribution in [3.63, 3.8) is 0 Å². The molecule has 0 unspecified atom stereocenters. The molecule has 1 N–H and O–H groups in total. The molecule has 0 radical (unpaired) electrons. The Morgan fingerprint density at radius 1 is 0.795 bits per heavy atom. The molecular weight excluding hydrogens is 532 g/mol. The van der Waals surface area contributed by atoms with Crippen LogP contribution in [0, 0.1) is 0 Å². The van der Waals surface area contributed by atoms with Crippen LogP contribution in [0.5, 0.6) is 0 Å². The number of rotatable bonds is 8. The van der Waals surface area contributed by atoms with Gasteiger partial charge in [-0.2, -0.15) is 0 Å². The Hall–Kier alpha value is -5.34. The maximum Gasteiger partial charge on any atom is 0.0546 e. The molecule has 0 amide bonds. The van der Waals surface area contributed by atoms with E-state index in [0.717, 1.165) is 34.9 Å². The second-order valence-electron chi connectivity index (χ2n) is 10.9. The summed E-state index contributed by atoms with van der Waals surface area (Å²) in [5.41, 5.74) is 7.88. The highest BCUT2D eigenvalue weighted by Gasteiger charge is 2.23. The highest BCUT2D eigenvalue weighted by Crippen LogP contribution is 2.44. The zero-order valence-electron chi connectivity index (χ0n) is 25.7. The zero-order valence-corrected chi connectivity index (χ0v) is 25.7. The van der Waals surface area contributed by atoms with Gasteiger partial charge in [0.1, 0.15) is 0 Å². The lowest BCUT2D eigenvalue weighted by Crippen LogP contribution is -2.23. The summed E-state index contributed by atoms with van der Waals surface area (Å²) in [6.45, 7) is 10.5. The molecule has 0 saturated carbocycles. The first kappa shape index (κ1) is 28.8. The van der Waals surface area contributed by atoms with Crippen molar-refractivity contribution in [2.45, 2.75) is 27.2 Å². The molecule has 5 aromatic rings. The van der Waals surface area contributed by atoms with E-state index in [2.05, 4.69) is 171 Å². The van der Waals surface area contributed by atoms with Gasteiger partial charge in [0.05, 0.1) is 11.4 Å². The number of anilines is 3. The van der Waals surface area contributed by atoms with Crippen LogP contribution in [0.1, 0.15) is 27.2 Å².